The molecular formula is C17H27N3. The van der Waals surface area contributed by atoms with Gasteiger partial charge in [0, 0.05) is 24.2 Å². The Morgan fingerprint density at radius 1 is 1.20 bits per heavy atom. The zero-order valence-corrected chi connectivity index (χ0v) is 12.8. The van der Waals surface area contributed by atoms with Crippen LogP contribution in [-0.4, -0.2) is 9.55 Å². The third-order valence-electron chi connectivity index (χ3n) is 6.03. The number of hydrogen-bond acceptors (Lipinski definition) is 2. The number of aromatic nitrogens is 2. The van der Waals surface area contributed by atoms with E-state index in [4.69, 9.17) is 10.7 Å². The number of nitrogens with zero attached hydrogens (tertiary/aromatic N) is 2. The molecule has 0 radical (unpaired) electrons. The predicted molar refractivity (Wildman–Crippen MR) is 80.4 cm³/mol. The minimum atomic E-state index is 0.384. The molecular weight excluding hydrogens is 246 g/mol. The van der Waals surface area contributed by atoms with Crippen molar-refractivity contribution in [1.29, 1.82) is 0 Å². The van der Waals surface area contributed by atoms with E-state index in [1.54, 1.807) is 0 Å². The van der Waals surface area contributed by atoms with Crippen LogP contribution < -0.4 is 5.73 Å². The van der Waals surface area contributed by atoms with Gasteiger partial charge in [-0.1, -0.05) is 13.8 Å². The van der Waals surface area contributed by atoms with Crippen LogP contribution in [0.5, 0.6) is 0 Å². The highest BCUT2D eigenvalue weighted by molar-refractivity contribution is 5.15. The van der Waals surface area contributed by atoms with E-state index >= 15 is 0 Å². The molecule has 4 aliphatic carbocycles. The van der Waals surface area contributed by atoms with Crippen molar-refractivity contribution in [2.45, 2.75) is 70.4 Å². The van der Waals surface area contributed by atoms with Gasteiger partial charge in [0.05, 0.1) is 5.69 Å². The molecule has 0 aromatic carbocycles. The number of rotatable bonds is 3. The summed E-state index contributed by atoms with van der Waals surface area (Å²) in [6.07, 6.45) is 10.9. The normalized spacial score (nSPS) is 38.9. The summed E-state index contributed by atoms with van der Waals surface area (Å²) in [5.41, 5.74) is 7.31. The monoisotopic (exact) mass is 273 g/mol. The first kappa shape index (κ1) is 12.9. The van der Waals surface area contributed by atoms with Gasteiger partial charge in [-0.15, -0.1) is 0 Å². The van der Waals surface area contributed by atoms with Crippen LogP contribution >= 0.6 is 0 Å². The van der Waals surface area contributed by atoms with Gasteiger partial charge in [-0.05, 0) is 56.3 Å². The van der Waals surface area contributed by atoms with Crippen LogP contribution in [0.2, 0.25) is 0 Å². The van der Waals surface area contributed by atoms with Crippen LogP contribution in [0.15, 0.2) is 6.20 Å². The molecule has 0 spiro atoms. The maximum Gasteiger partial charge on any atom is 0.112 e. The molecule has 1 aromatic heterocycles. The molecule has 4 fully saturated rings. The van der Waals surface area contributed by atoms with Crippen LogP contribution in [0.1, 0.15) is 69.8 Å². The molecule has 110 valence electrons. The Labute approximate surface area is 122 Å². The number of nitrogens with two attached hydrogens (primary N) is 1. The van der Waals surface area contributed by atoms with Crippen molar-refractivity contribution in [2.24, 2.45) is 23.5 Å². The van der Waals surface area contributed by atoms with Crippen molar-refractivity contribution in [3.05, 3.63) is 17.7 Å². The fourth-order valence-electron chi connectivity index (χ4n) is 5.69. The van der Waals surface area contributed by atoms with E-state index in [9.17, 15) is 0 Å². The van der Waals surface area contributed by atoms with Gasteiger partial charge in [0.15, 0.2) is 0 Å². The van der Waals surface area contributed by atoms with Crippen molar-refractivity contribution in [3.63, 3.8) is 0 Å². The van der Waals surface area contributed by atoms with Gasteiger partial charge in [0.25, 0.3) is 0 Å². The number of hydrogen-bond donors (Lipinski definition) is 1. The molecule has 4 bridgehead atoms. The van der Waals surface area contributed by atoms with Crippen molar-refractivity contribution in [2.75, 3.05) is 0 Å². The predicted octanol–water partition coefficient (Wildman–Crippen LogP) is 3.39. The molecule has 2 N–H and O–H groups in total. The highest BCUT2D eigenvalue weighted by Gasteiger charge is 2.52. The molecule has 4 saturated carbocycles. The van der Waals surface area contributed by atoms with Crippen LogP contribution in [0.4, 0.5) is 0 Å². The second-order valence-electron chi connectivity index (χ2n) is 7.96. The second kappa shape index (κ2) is 4.33. The molecule has 3 heteroatoms. The lowest BCUT2D eigenvalue weighted by molar-refractivity contribution is -0.0447. The number of imidazole rings is 1. The Hall–Kier alpha value is -0.830. The fourth-order valence-corrected chi connectivity index (χ4v) is 5.69. The van der Waals surface area contributed by atoms with E-state index in [-0.39, 0.29) is 0 Å². The molecule has 4 aliphatic rings. The Kier molecular flexibility index (Phi) is 2.79. The van der Waals surface area contributed by atoms with Crippen molar-refractivity contribution in [3.8, 4) is 0 Å². The van der Waals surface area contributed by atoms with Crippen molar-refractivity contribution < 1.29 is 0 Å². The molecule has 1 aromatic rings. The zero-order valence-electron chi connectivity index (χ0n) is 12.8. The van der Waals surface area contributed by atoms with E-state index in [2.05, 4.69) is 24.6 Å². The largest absolute Gasteiger partial charge is 0.328 e. The lowest BCUT2D eigenvalue weighted by Gasteiger charge is -2.57. The highest BCUT2D eigenvalue weighted by Crippen LogP contribution is 2.59. The first-order chi connectivity index (χ1) is 9.59. The maximum absolute atomic E-state index is 5.85. The molecule has 3 nitrogen and oxygen atoms in total. The van der Waals surface area contributed by atoms with E-state index in [1.165, 1.54) is 44.3 Å². The first-order valence-electron chi connectivity index (χ1n) is 8.38. The molecule has 5 rings (SSSR count). The highest BCUT2D eigenvalue weighted by atomic mass is 15.2. The zero-order chi connectivity index (χ0) is 13.9. The summed E-state index contributed by atoms with van der Waals surface area (Å²) < 4.78 is 2.57. The SMILES string of the molecule is CC(C)c1nc(CN)cn1C12CC3CC(CC(C3)C1)C2. The van der Waals surface area contributed by atoms with E-state index < -0.39 is 0 Å². The van der Waals surface area contributed by atoms with Crippen LogP contribution in [0.25, 0.3) is 0 Å². The van der Waals surface area contributed by atoms with Gasteiger partial charge < -0.3 is 10.3 Å². The van der Waals surface area contributed by atoms with Crippen LogP contribution in [0, 0.1) is 17.8 Å². The summed E-state index contributed by atoms with van der Waals surface area (Å²) >= 11 is 0. The van der Waals surface area contributed by atoms with Gasteiger partial charge in [-0.2, -0.15) is 0 Å². The maximum atomic E-state index is 5.85. The third kappa shape index (κ3) is 1.78. The molecule has 0 amide bonds. The van der Waals surface area contributed by atoms with Crippen LogP contribution in [-0.2, 0) is 12.1 Å². The van der Waals surface area contributed by atoms with Gasteiger partial charge in [0.1, 0.15) is 5.82 Å². The van der Waals surface area contributed by atoms with Crippen LogP contribution in [0.3, 0.4) is 0 Å². The summed E-state index contributed by atoms with van der Waals surface area (Å²) in [6, 6.07) is 0. The lowest BCUT2D eigenvalue weighted by Crippen LogP contribution is -2.52. The summed E-state index contributed by atoms with van der Waals surface area (Å²) in [5.74, 6) is 4.69. The molecule has 0 aliphatic heterocycles. The van der Waals surface area contributed by atoms with Crippen molar-refractivity contribution in [1.82, 2.24) is 9.55 Å². The smallest absolute Gasteiger partial charge is 0.112 e. The molecule has 1 heterocycles. The second-order valence-corrected chi connectivity index (χ2v) is 7.96. The fraction of sp³-hybridized carbons (Fsp3) is 0.824. The Bertz CT molecular complexity index is 479. The average molecular weight is 273 g/mol. The molecule has 0 saturated heterocycles. The average Bonchev–Trinajstić information content (AvgIpc) is 2.82. The first-order valence-corrected chi connectivity index (χ1v) is 8.38. The lowest BCUT2D eigenvalue weighted by atomic mass is 9.53. The molecule has 0 atom stereocenters. The summed E-state index contributed by atoms with van der Waals surface area (Å²) in [7, 11) is 0. The Morgan fingerprint density at radius 3 is 2.20 bits per heavy atom. The van der Waals surface area contributed by atoms with Crippen molar-refractivity contribution >= 4 is 0 Å². The van der Waals surface area contributed by atoms with E-state index in [1.807, 2.05) is 0 Å². The minimum Gasteiger partial charge on any atom is -0.328 e. The minimum absolute atomic E-state index is 0.384. The Morgan fingerprint density at radius 2 is 1.75 bits per heavy atom. The standard InChI is InChI=1S/C17H27N3/c1-11(2)16-19-15(9-18)10-20(16)17-6-12-3-13(7-17)5-14(4-12)8-17/h10-14H,3-9,18H2,1-2H3. The molecule has 0 unspecified atom stereocenters. The van der Waals surface area contributed by atoms with Gasteiger partial charge in [-0.3, -0.25) is 0 Å². The summed E-state index contributed by atoms with van der Waals surface area (Å²) in [6.45, 7) is 5.10. The topological polar surface area (TPSA) is 43.8 Å². The van der Waals surface area contributed by atoms with E-state index in [0.29, 0.717) is 18.0 Å². The van der Waals surface area contributed by atoms with E-state index in [0.717, 1.165) is 23.4 Å². The molecule has 20 heavy (non-hydrogen) atoms. The van der Waals surface area contributed by atoms with Gasteiger partial charge >= 0.3 is 0 Å². The van der Waals surface area contributed by atoms with Gasteiger partial charge in [0.2, 0.25) is 0 Å². The van der Waals surface area contributed by atoms with Gasteiger partial charge in [-0.25, -0.2) is 4.98 Å². The third-order valence-corrected chi connectivity index (χ3v) is 6.03. The summed E-state index contributed by atoms with van der Waals surface area (Å²) in [4.78, 5) is 4.82. The Balaban J connectivity index is 1.78. The summed E-state index contributed by atoms with van der Waals surface area (Å²) in [5, 5.41) is 0. The quantitative estimate of drug-likeness (QED) is 0.917.